The van der Waals surface area contributed by atoms with Gasteiger partial charge >= 0.3 is 0 Å². The van der Waals surface area contributed by atoms with Crippen LogP contribution in [-0.2, 0) is 9.59 Å². The number of carbonyl (C=O) groups is 2. The smallest absolute Gasteiger partial charge is 0.236 e. The number of primary amides is 1. The number of aromatic nitrogens is 1. The molecule has 2 N–H and O–H groups in total. The predicted molar refractivity (Wildman–Crippen MR) is 101 cm³/mol. The lowest BCUT2D eigenvalue weighted by molar-refractivity contribution is -0.134. The van der Waals surface area contributed by atoms with Crippen LogP contribution in [-0.4, -0.2) is 59.3 Å². The molecular weight excluding hydrogens is 344 g/mol. The zero-order valence-corrected chi connectivity index (χ0v) is 15.5. The van der Waals surface area contributed by atoms with Crippen LogP contribution in [0.1, 0.15) is 37.5 Å². The number of likely N-dealkylation sites (tertiary alicyclic amines) is 2. The van der Waals surface area contributed by atoms with Gasteiger partial charge in [0.1, 0.15) is 5.52 Å². The van der Waals surface area contributed by atoms with E-state index in [2.05, 4.69) is 9.88 Å². The summed E-state index contributed by atoms with van der Waals surface area (Å²) in [7, 11) is 0. The molecule has 0 bridgehead atoms. The third kappa shape index (κ3) is 3.98. The number of carbonyl (C=O) groups excluding carboxylic acids is 2. The summed E-state index contributed by atoms with van der Waals surface area (Å²) in [5, 5.41) is 0. The maximum Gasteiger partial charge on any atom is 0.236 e. The average molecular weight is 370 g/mol. The van der Waals surface area contributed by atoms with Crippen molar-refractivity contribution in [3.05, 3.63) is 30.2 Å². The number of rotatable bonds is 4. The number of nitrogens with zero attached hydrogens (tertiary/aromatic N) is 3. The summed E-state index contributed by atoms with van der Waals surface area (Å²) in [6.07, 6.45) is 3.26. The van der Waals surface area contributed by atoms with Gasteiger partial charge in [-0.25, -0.2) is 4.98 Å². The molecule has 2 aliphatic rings. The molecule has 1 aromatic heterocycles. The van der Waals surface area contributed by atoms with Crippen molar-refractivity contribution in [3.63, 3.8) is 0 Å². The van der Waals surface area contributed by atoms with Gasteiger partial charge in [0.25, 0.3) is 0 Å². The first kappa shape index (κ1) is 18.0. The van der Waals surface area contributed by atoms with E-state index in [0.29, 0.717) is 6.54 Å². The number of hydrogen-bond acceptors (Lipinski definition) is 5. The Morgan fingerprint density at radius 3 is 2.44 bits per heavy atom. The molecule has 0 spiro atoms. The van der Waals surface area contributed by atoms with Crippen LogP contribution in [0.4, 0.5) is 0 Å². The molecule has 0 radical (unpaired) electrons. The summed E-state index contributed by atoms with van der Waals surface area (Å²) >= 11 is 0. The molecule has 7 nitrogen and oxygen atoms in total. The van der Waals surface area contributed by atoms with Gasteiger partial charge in [0.05, 0.1) is 6.54 Å². The lowest BCUT2D eigenvalue weighted by Crippen LogP contribution is -2.46. The SMILES string of the molecule is NC(=O)C1CCN(CC(=O)N2CCC(c3nc4ccccc4o3)CC2)CC1. The third-order valence-corrected chi connectivity index (χ3v) is 5.86. The first-order valence-electron chi connectivity index (χ1n) is 9.75. The van der Waals surface area contributed by atoms with Crippen molar-refractivity contribution in [2.24, 2.45) is 11.7 Å². The molecule has 2 fully saturated rings. The normalized spacial score (nSPS) is 20.2. The lowest BCUT2D eigenvalue weighted by Gasteiger charge is -2.34. The van der Waals surface area contributed by atoms with Crippen molar-refractivity contribution < 1.29 is 14.0 Å². The molecule has 0 aliphatic carbocycles. The van der Waals surface area contributed by atoms with E-state index >= 15 is 0 Å². The van der Waals surface area contributed by atoms with Crippen molar-refractivity contribution in [1.29, 1.82) is 0 Å². The van der Waals surface area contributed by atoms with Crippen molar-refractivity contribution in [2.45, 2.75) is 31.6 Å². The van der Waals surface area contributed by atoms with Gasteiger partial charge < -0.3 is 15.1 Å². The van der Waals surface area contributed by atoms with Crippen LogP contribution in [0.2, 0.25) is 0 Å². The van der Waals surface area contributed by atoms with Gasteiger partial charge in [-0.15, -0.1) is 0 Å². The minimum absolute atomic E-state index is 0.0385. The largest absolute Gasteiger partial charge is 0.440 e. The molecule has 0 saturated carbocycles. The highest BCUT2D eigenvalue weighted by Gasteiger charge is 2.29. The topological polar surface area (TPSA) is 92.7 Å². The second-order valence-electron chi connectivity index (χ2n) is 7.63. The van der Waals surface area contributed by atoms with E-state index in [9.17, 15) is 9.59 Å². The molecule has 2 amide bonds. The number of amides is 2. The van der Waals surface area contributed by atoms with E-state index in [-0.39, 0.29) is 23.7 Å². The summed E-state index contributed by atoms with van der Waals surface area (Å²) in [6.45, 7) is 3.43. The molecule has 0 atom stereocenters. The molecule has 2 saturated heterocycles. The van der Waals surface area contributed by atoms with Crippen LogP contribution in [0, 0.1) is 5.92 Å². The first-order chi connectivity index (χ1) is 13.1. The van der Waals surface area contributed by atoms with E-state index in [1.165, 1.54) is 0 Å². The van der Waals surface area contributed by atoms with Crippen LogP contribution in [0.3, 0.4) is 0 Å². The molecule has 144 valence electrons. The molecular formula is C20H26N4O3. The Balaban J connectivity index is 1.27. The van der Waals surface area contributed by atoms with Gasteiger partial charge in [0, 0.05) is 24.9 Å². The van der Waals surface area contributed by atoms with Gasteiger partial charge in [-0.1, -0.05) is 12.1 Å². The minimum Gasteiger partial charge on any atom is -0.440 e. The van der Waals surface area contributed by atoms with Gasteiger partial charge in [-0.05, 0) is 50.9 Å². The average Bonchev–Trinajstić information content (AvgIpc) is 3.13. The summed E-state index contributed by atoms with van der Waals surface area (Å²) in [6, 6.07) is 7.81. The fraction of sp³-hybridized carbons (Fsp3) is 0.550. The Bertz CT molecular complexity index is 784. The van der Waals surface area contributed by atoms with Crippen LogP contribution in [0.15, 0.2) is 28.7 Å². The quantitative estimate of drug-likeness (QED) is 0.885. The van der Waals surface area contributed by atoms with E-state index < -0.39 is 0 Å². The van der Waals surface area contributed by atoms with Crippen LogP contribution in [0.25, 0.3) is 11.1 Å². The molecule has 4 rings (SSSR count). The van der Waals surface area contributed by atoms with Crippen molar-refractivity contribution in [1.82, 2.24) is 14.8 Å². The zero-order chi connectivity index (χ0) is 18.8. The summed E-state index contributed by atoms with van der Waals surface area (Å²) < 4.78 is 5.89. The number of benzene rings is 1. The van der Waals surface area contributed by atoms with Crippen molar-refractivity contribution in [2.75, 3.05) is 32.7 Å². The number of oxazole rings is 1. The number of piperidine rings is 2. The fourth-order valence-electron chi connectivity index (χ4n) is 4.11. The van der Waals surface area contributed by atoms with E-state index in [0.717, 1.165) is 68.9 Å². The Hall–Kier alpha value is -2.41. The van der Waals surface area contributed by atoms with Gasteiger partial charge in [-0.2, -0.15) is 0 Å². The molecule has 2 aliphatic heterocycles. The predicted octanol–water partition coefficient (Wildman–Crippen LogP) is 1.73. The standard InChI is InChI=1S/C20H26N4O3/c21-19(26)14-5-9-23(10-6-14)13-18(25)24-11-7-15(8-12-24)20-22-16-3-1-2-4-17(16)27-20/h1-4,14-15H,5-13H2,(H2,21,26). The van der Waals surface area contributed by atoms with Crippen molar-refractivity contribution in [3.8, 4) is 0 Å². The van der Waals surface area contributed by atoms with E-state index in [1.54, 1.807) is 0 Å². The van der Waals surface area contributed by atoms with Crippen molar-refractivity contribution >= 4 is 22.9 Å². The minimum atomic E-state index is -0.220. The zero-order valence-electron chi connectivity index (χ0n) is 15.5. The highest BCUT2D eigenvalue weighted by atomic mass is 16.3. The van der Waals surface area contributed by atoms with E-state index in [4.69, 9.17) is 10.2 Å². The number of para-hydroxylation sites is 2. The number of hydrogen-bond donors (Lipinski definition) is 1. The van der Waals surface area contributed by atoms with Crippen LogP contribution < -0.4 is 5.73 Å². The summed E-state index contributed by atoms with van der Waals surface area (Å²) in [5.41, 5.74) is 7.09. The maximum atomic E-state index is 12.6. The maximum absolute atomic E-state index is 12.6. The van der Waals surface area contributed by atoms with E-state index in [1.807, 2.05) is 29.2 Å². The molecule has 3 heterocycles. The number of fused-ring (bicyclic) bond motifs is 1. The van der Waals surface area contributed by atoms with Gasteiger partial charge in [0.2, 0.25) is 11.8 Å². The lowest BCUT2D eigenvalue weighted by atomic mass is 9.95. The number of nitrogens with two attached hydrogens (primary N) is 1. The van der Waals surface area contributed by atoms with Gasteiger partial charge in [0.15, 0.2) is 11.5 Å². The Kier molecular flexibility index (Phi) is 5.11. The monoisotopic (exact) mass is 370 g/mol. The van der Waals surface area contributed by atoms with Crippen LogP contribution >= 0.6 is 0 Å². The Morgan fingerprint density at radius 2 is 1.78 bits per heavy atom. The second kappa shape index (κ2) is 7.68. The summed E-state index contributed by atoms with van der Waals surface area (Å²) in [5.74, 6) is 0.971. The third-order valence-electron chi connectivity index (χ3n) is 5.86. The molecule has 0 unspecified atom stereocenters. The first-order valence-corrected chi connectivity index (χ1v) is 9.75. The van der Waals surface area contributed by atoms with Crippen LogP contribution in [0.5, 0.6) is 0 Å². The molecule has 7 heteroatoms. The Morgan fingerprint density at radius 1 is 1.07 bits per heavy atom. The second-order valence-corrected chi connectivity index (χ2v) is 7.63. The summed E-state index contributed by atoms with van der Waals surface area (Å²) in [4.78, 5) is 32.6. The highest BCUT2D eigenvalue weighted by Crippen LogP contribution is 2.30. The molecule has 1 aromatic carbocycles. The highest BCUT2D eigenvalue weighted by molar-refractivity contribution is 5.79. The molecule has 2 aromatic rings. The van der Waals surface area contributed by atoms with Gasteiger partial charge in [-0.3, -0.25) is 14.5 Å². The fourth-order valence-corrected chi connectivity index (χ4v) is 4.11. The Labute approximate surface area is 158 Å². The molecule has 27 heavy (non-hydrogen) atoms.